The van der Waals surface area contributed by atoms with Crippen molar-refractivity contribution < 1.29 is 33.4 Å². The first kappa shape index (κ1) is 42.0. The number of esters is 1. The van der Waals surface area contributed by atoms with E-state index in [0.717, 1.165) is 5.56 Å². The number of hydrogen-bond donors (Lipinski definition) is 1. The predicted octanol–water partition coefficient (Wildman–Crippen LogP) is 7.09. The molecule has 3 amide bonds. The van der Waals surface area contributed by atoms with Crippen LogP contribution in [0.4, 0.5) is 10.5 Å². The van der Waals surface area contributed by atoms with E-state index in [2.05, 4.69) is 20.8 Å². The number of likely N-dealkylation sites (tertiary alicyclic amines) is 2. The van der Waals surface area contributed by atoms with Gasteiger partial charge in [-0.25, -0.2) is 9.59 Å². The van der Waals surface area contributed by atoms with Crippen molar-refractivity contribution in [3.63, 3.8) is 0 Å². The maximum atomic E-state index is 14.5. The van der Waals surface area contributed by atoms with Crippen LogP contribution in [0.15, 0.2) is 85.2 Å². The van der Waals surface area contributed by atoms with Crippen molar-refractivity contribution in [2.45, 2.75) is 96.2 Å². The molecule has 3 aromatic carbocycles. The predicted molar refractivity (Wildman–Crippen MR) is 218 cm³/mol. The summed E-state index contributed by atoms with van der Waals surface area (Å²) in [4.78, 5) is 57.8. The lowest BCUT2D eigenvalue weighted by Crippen LogP contribution is -2.58. The van der Waals surface area contributed by atoms with Gasteiger partial charge < -0.3 is 29.3 Å². The number of hydrogen-bond acceptors (Lipinski definition) is 10. The van der Waals surface area contributed by atoms with Crippen LogP contribution in [0.25, 0.3) is 11.8 Å². The van der Waals surface area contributed by atoms with E-state index in [0.29, 0.717) is 59.9 Å². The highest BCUT2D eigenvalue weighted by atomic mass is 35.5. The standard InChI is InChI=1S/C43H50ClN7O7/c1-42(2,3)57-40(54)29-12-16-32(17-13-29)46-39(53)38-35(28-10-8-7-9-11-28)25-34(56-33-20-22-49(23-21-33)41(55)58-43(4,5)6)26-50(38)37(52)19-14-30-24-31(44)15-18-36(30)51-27-45-47-48-51/h7-19,24,27,33-35,38H,20-23,25-26H2,1-6H3,(H,46,53)/b19-14+. The zero-order valence-electron chi connectivity index (χ0n) is 33.6. The number of rotatable bonds is 9. The average Bonchev–Trinajstić information content (AvgIpc) is 3.71. The van der Waals surface area contributed by atoms with Gasteiger partial charge in [-0.2, -0.15) is 4.68 Å². The molecule has 3 unspecified atom stereocenters. The van der Waals surface area contributed by atoms with Crippen molar-refractivity contribution in [2.75, 3.05) is 25.0 Å². The lowest BCUT2D eigenvalue weighted by Gasteiger charge is -2.45. The van der Waals surface area contributed by atoms with E-state index in [1.54, 1.807) is 79.1 Å². The summed E-state index contributed by atoms with van der Waals surface area (Å²) in [5.41, 5.74) is 1.58. The average molecular weight is 812 g/mol. The molecule has 0 aliphatic carbocycles. The zero-order valence-corrected chi connectivity index (χ0v) is 34.4. The molecule has 0 bridgehead atoms. The van der Waals surface area contributed by atoms with Crippen molar-refractivity contribution in [1.29, 1.82) is 0 Å². The molecule has 2 aliphatic heterocycles. The number of halogens is 1. The fraction of sp³-hybridized carbons (Fsp3) is 0.419. The second-order valence-electron chi connectivity index (χ2n) is 16.5. The molecule has 1 aromatic heterocycles. The van der Waals surface area contributed by atoms with Crippen molar-refractivity contribution in [1.82, 2.24) is 30.0 Å². The lowest BCUT2D eigenvalue weighted by atomic mass is 9.81. The van der Waals surface area contributed by atoms with E-state index in [9.17, 15) is 19.2 Å². The monoisotopic (exact) mass is 811 g/mol. The van der Waals surface area contributed by atoms with Crippen molar-refractivity contribution >= 4 is 47.2 Å². The van der Waals surface area contributed by atoms with E-state index < -0.39 is 47.0 Å². The normalized spacial score (nSPS) is 19.2. The molecule has 0 radical (unpaired) electrons. The van der Waals surface area contributed by atoms with Crippen LogP contribution in [-0.4, -0.2) is 103 Å². The summed E-state index contributed by atoms with van der Waals surface area (Å²) in [7, 11) is 0. The van der Waals surface area contributed by atoms with Crippen molar-refractivity contribution in [2.24, 2.45) is 0 Å². The second-order valence-corrected chi connectivity index (χ2v) is 16.9. The van der Waals surface area contributed by atoms with Crippen molar-refractivity contribution in [3.05, 3.63) is 107 Å². The van der Waals surface area contributed by atoms with E-state index in [-0.39, 0.29) is 18.7 Å². The third-order valence-electron chi connectivity index (χ3n) is 9.67. The minimum atomic E-state index is -0.947. The molecule has 1 N–H and O–H groups in total. The van der Waals surface area contributed by atoms with Gasteiger partial charge in [0.1, 0.15) is 23.6 Å². The smallest absolute Gasteiger partial charge is 0.410 e. The highest BCUT2D eigenvalue weighted by Gasteiger charge is 2.44. The van der Waals surface area contributed by atoms with Gasteiger partial charge in [0.05, 0.1) is 23.5 Å². The molecular weight excluding hydrogens is 762 g/mol. The summed E-state index contributed by atoms with van der Waals surface area (Å²) in [5.74, 6) is -1.75. The van der Waals surface area contributed by atoms with Gasteiger partial charge in [-0.05, 0) is 125 Å². The van der Waals surface area contributed by atoms with Gasteiger partial charge in [0.25, 0.3) is 0 Å². The Kier molecular flexibility index (Phi) is 13.0. The van der Waals surface area contributed by atoms with E-state index in [1.165, 1.54) is 17.1 Å². The number of benzene rings is 3. The molecule has 2 saturated heterocycles. The van der Waals surface area contributed by atoms with Gasteiger partial charge in [0, 0.05) is 47.9 Å². The van der Waals surface area contributed by atoms with Crippen LogP contribution in [0.2, 0.25) is 5.02 Å². The lowest BCUT2D eigenvalue weighted by molar-refractivity contribution is -0.145. The highest BCUT2D eigenvalue weighted by molar-refractivity contribution is 6.30. The van der Waals surface area contributed by atoms with Gasteiger partial charge in [0.15, 0.2) is 0 Å². The maximum absolute atomic E-state index is 14.5. The molecule has 14 nitrogen and oxygen atoms in total. The van der Waals surface area contributed by atoms with Crippen molar-refractivity contribution in [3.8, 4) is 5.69 Å². The number of ether oxygens (including phenoxy) is 3. The van der Waals surface area contributed by atoms with Crippen LogP contribution in [0, 0.1) is 0 Å². The van der Waals surface area contributed by atoms with E-state index in [1.807, 2.05) is 51.1 Å². The molecule has 3 atom stereocenters. The molecule has 4 aromatic rings. The van der Waals surface area contributed by atoms with Crippen LogP contribution in [0.1, 0.15) is 88.2 Å². The summed E-state index contributed by atoms with van der Waals surface area (Å²) in [6.07, 6.45) is 5.17. The zero-order chi connectivity index (χ0) is 41.6. The Hall–Kier alpha value is -5.60. The van der Waals surface area contributed by atoms with Gasteiger partial charge in [-0.15, -0.1) is 5.10 Å². The first-order valence-corrected chi connectivity index (χ1v) is 19.7. The summed E-state index contributed by atoms with van der Waals surface area (Å²) in [6.45, 7) is 12.0. The summed E-state index contributed by atoms with van der Waals surface area (Å²) < 4.78 is 19.3. The van der Waals surface area contributed by atoms with Gasteiger partial charge in [-0.1, -0.05) is 41.9 Å². The molecule has 6 rings (SSSR count). The van der Waals surface area contributed by atoms with E-state index in [4.69, 9.17) is 25.8 Å². The Balaban J connectivity index is 1.29. The Morgan fingerprint density at radius 1 is 0.862 bits per heavy atom. The third-order valence-corrected chi connectivity index (χ3v) is 9.91. The maximum Gasteiger partial charge on any atom is 0.410 e. The molecular formula is C43H50ClN7O7. The number of nitrogens with one attached hydrogen (secondary N) is 1. The third kappa shape index (κ3) is 11.1. The number of amides is 3. The Morgan fingerprint density at radius 2 is 1.55 bits per heavy atom. The van der Waals surface area contributed by atoms with Crippen LogP contribution in [-0.2, 0) is 23.8 Å². The molecule has 306 valence electrons. The summed E-state index contributed by atoms with van der Waals surface area (Å²) in [6, 6.07) is 20.3. The number of anilines is 1. The van der Waals surface area contributed by atoms with E-state index >= 15 is 0 Å². The SMILES string of the molecule is CC(C)(C)OC(=O)c1ccc(NC(=O)C2C(c3ccccc3)CC(OC3CCN(C(=O)OC(C)(C)C)CC3)CN2C(=O)/C=C/c2cc(Cl)ccc2-n2cnnn2)cc1. The number of tetrazole rings is 1. The topological polar surface area (TPSA) is 158 Å². The molecule has 0 spiro atoms. The number of piperidine rings is 2. The van der Waals surface area contributed by atoms with Gasteiger partial charge in [-0.3, -0.25) is 9.59 Å². The second kappa shape index (κ2) is 17.9. The summed E-state index contributed by atoms with van der Waals surface area (Å²) in [5, 5.41) is 14.9. The molecule has 15 heteroatoms. The quantitative estimate of drug-likeness (QED) is 0.137. The first-order chi connectivity index (χ1) is 27.5. The molecule has 58 heavy (non-hydrogen) atoms. The molecule has 2 aliphatic rings. The molecule has 0 saturated carbocycles. The molecule has 3 heterocycles. The number of carbonyl (C=O) groups is 4. The Morgan fingerprint density at radius 3 is 2.19 bits per heavy atom. The van der Waals surface area contributed by atoms with Crippen LogP contribution in [0.5, 0.6) is 0 Å². The van der Waals surface area contributed by atoms with Crippen LogP contribution in [0.3, 0.4) is 0 Å². The first-order valence-electron chi connectivity index (χ1n) is 19.4. The van der Waals surface area contributed by atoms with Gasteiger partial charge >= 0.3 is 12.1 Å². The number of carbonyl (C=O) groups excluding carboxylic acids is 4. The van der Waals surface area contributed by atoms with Crippen LogP contribution >= 0.6 is 11.6 Å². The fourth-order valence-corrected chi connectivity index (χ4v) is 7.30. The minimum Gasteiger partial charge on any atom is -0.456 e. The number of nitrogens with zero attached hydrogens (tertiary/aromatic N) is 6. The fourth-order valence-electron chi connectivity index (χ4n) is 7.12. The summed E-state index contributed by atoms with van der Waals surface area (Å²) >= 11 is 6.38. The van der Waals surface area contributed by atoms with Crippen LogP contribution < -0.4 is 5.32 Å². The number of aromatic nitrogens is 4. The minimum absolute atomic E-state index is 0.129. The Labute approximate surface area is 343 Å². The highest BCUT2D eigenvalue weighted by Crippen LogP contribution is 2.36. The van der Waals surface area contributed by atoms with Gasteiger partial charge in [0.2, 0.25) is 11.8 Å². The Bertz CT molecular complexity index is 2090. The largest absolute Gasteiger partial charge is 0.456 e. The molecule has 2 fully saturated rings.